The van der Waals surface area contributed by atoms with E-state index in [0.29, 0.717) is 12.1 Å². The number of aromatic nitrogens is 3. The minimum absolute atomic E-state index is 0.299. The first-order valence-corrected chi connectivity index (χ1v) is 9.24. The van der Waals surface area contributed by atoms with Crippen LogP contribution in [0, 0.1) is 13.8 Å². The molecule has 7 nitrogen and oxygen atoms in total. The summed E-state index contributed by atoms with van der Waals surface area (Å²) in [7, 11) is 0. The summed E-state index contributed by atoms with van der Waals surface area (Å²) in [6.45, 7) is 9.48. The van der Waals surface area contributed by atoms with Gasteiger partial charge in [0.15, 0.2) is 0 Å². The molecule has 7 heteroatoms. The monoisotopic (exact) mass is 357 g/mol. The van der Waals surface area contributed by atoms with Crippen molar-refractivity contribution >= 4 is 5.82 Å². The van der Waals surface area contributed by atoms with Crippen molar-refractivity contribution in [3.8, 4) is 0 Å². The Kier molecular flexibility index (Phi) is 5.88. The third-order valence-corrected chi connectivity index (χ3v) is 4.88. The van der Waals surface area contributed by atoms with Gasteiger partial charge in [0.05, 0.1) is 0 Å². The molecule has 2 aromatic heterocycles. The fourth-order valence-electron chi connectivity index (χ4n) is 3.31. The molecule has 1 saturated heterocycles. The summed E-state index contributed by atoms with van der Waals surface area (Å²) < 4.78 is 1.60. The number of H-pyrrole nitrogens is 1. The highest BCUT2D eigenvalue weighted by Crippen LogP contribution is 2.14. The molecular formula is C19H27N5O2. The molecule has 3 heterocycles. The quantitative estimate of drug-likeness (QED) is 0.785. The highest BCUT2D eigenvalue weighted by atomic mass is 16.2. The second kappa shape index (κ2) is 8.31. The lowest BCUT2D eigenvalue weighted by atomic mass is 10.2. The first-order chi connectivity index (χ1) is 12.5. The molecule has 0 amide bonds. The van der Waals surface area contributed by atoms with Crippen LogP contribution in [0.15, 0.2) is 34.0 Å². The highest BCUT2D eigenvalue weighted by Gasteiger charge is 2.17. The summed E-state index contributed by atoms with van der Waals surface area (Å²) in [5, 5.41) is 0. The number of anilines is 1. The van der Waals surface area contributed by atoms with Crippen molar-refractivity contribution in [2.45, 2.75) is 33.2 Å². The molecule has 0 spiro atoms. The molecule has 0 saturated carbocycles. The number of pyridine rings is 1. The molecule has 1 fully saturated rings. The molecule has 3 rings (SSSR count). The second-order valence-corrected chi connectivity index (χ2v) is 6.94. The molecule has 0 atom stereocenters. The Morgan fingerprint density at radius 2 is 1.77 bits per heavy atom. The van der Waals surface area contributed by atoms with Crippen molar-refractivity contribution in [2.24, 2.45) is 0 Å². The number of nitrogens with zero attached hydrogens (tertiary/aromatic N) is 4. The van der Waals surface area contributed by atoms with E-state index in [4.69, 9.17) is 0 Å². The standard InChI is InChI=1S/C19H27N5O2/c1-15-14-24(19(26)21-18(15)25)9-4-3-8-22-10-12-23(13-11-22)17-7-5-6-16(2)20-17/h5-7,14H,3-4,8-13H2,1-2H3,(H,21,25,26). The molecule has 0 bridgehead atoms. The van der Waals surface area contributed by atoms with Crippen LogP contribution in [-0.2, 0) is 6.54 Å². The first-order valence-electron chi connectivity index (χ1n) is 9.24. The molecule has 1 aliphatic heterocycles. The smallest absolute Gasteiger partial charge is 0.328 e. The average Bonchev–Trinajstić information content (AvgIpc) is 2.63. The van der Waals surface area contributed by atoms with E-state index in [1.807, 2.05) is 13.0 Å². The number of nitrogens with one attached hydrogen (secondary N) is 1. The molecule has 0 unspecified atom stereocenters. The maximum Gasteiger partial charge on any atom is 0.328 e. The summed E-state index contributed by atoms with van der Waals surface area (Å²) in [5.74, 6) is 1.07. The normalized spacial score (nSPS) is 15.4. The summed E-state index contributed by atoms with van der Waals surface area (Å²) >= 11 is 0. The van der Waals surface area contributed by atoms with Crippen molar-refractivity contribution in [1.29, 1.82) is 0 Å². The van der Waals surface area contributed by atoms with Crippen LogP contribution >= 0.6 is 0 Å². The number of aryl methyl sites for hydroxylation is 3. The van der Waals surface area contributed by atoms with Crippen molar-refractivity contribution in [2.75, 3.05) is 37.6 Å². The number of hydrogen-bond acceptors (Lipinski definition) is 5. The van der Waals surface area contributed by atoms with Gasteiger partial charge in [-0.3, -0.25) is 14.7 Å². The van der Waals surface area contributed by atoms with E-state index in [2.05, 4.69) is 31.9 Å². The van der Waals surface area contributed by atoms with Gasteiger partial charge >= 0.3 is 5.69 Å². The summed E-state index contributed by atoms with van der Waals surface area (Å²) in [6, 6.07) is 6.16. The van der Waals surface area contributed by atoms with E-state index in [0.717, 1.165) is 57.1 Å². The van der Waals surface area contributed by atoms with E-state index in [-0.39, 0.29) is 11.2 Å². The van der Waals surface area contributed by atoms with Crippen molar-refractivity contribution in [1.82, 2.24) is 19.4 Å². The van der Waals surface area contributed by atoms with E-state index in [1.165, 1.54) is 0 Å². The van der Waals surface area contributed by atoms with E-state index >= 15 is 0 Å². The summed E-state index contributed by atoms with van der Waals surface area (Å²) in [4.78, 5) is 34.9. The molecule has 140 valence electrons. The summed E-state index contributed by atoms with van der Waals surface area (Å²) in [6.07, 6.45) is 3.60. The number of aromatic amines is 1. The molecule has 2 aromatic rings. The van der Waals surface area contributed by atoms with Crippen molar-refractivity contribution < 1.29 is 0 Å². The van der Waals surface area contributed by atoms with Gasteiger partial charge in [-0.1, -0.05) is 6.07 Å². The van der Waals surface area contributed by atoms with Gasteiger partial charge in [0.25, 0.3) is 5.56 Å². The van der Waals surface area contributed by atoms with E-state index in [9.17, 15) is 9.59 Å². The van der Waals surface area contributed by atoms with Crippen LogP contribution in [0.2, 0.25) is 0 Å². The Labute approximate surface area is 153 Å². The zero-order valence-electron chi connectivity index (χ0n) is 15.6. The topological polar surface area (TPSA) is 74.2 Å². The maximum absolute atomic E-state index is 11.8. The third kappa shape index (κ3) is 4.60. The van der Waals surface area contributed by atoms with Gasteiger partial charge in [-0.2, -0.15) is 0 Å². The van der Waals surface area contributed by atoms with Gasteiger partial charge in [0.1, 0.15) is 5.82 Å². The Bertz CT molecular complexity index is 849. The van der Waals surface area contributed by atoms with Gasteiger partial charge in [0.2, 0.25) is 0 Å². The number of hydrogen-bond donors (Lipinski definition) is 1. The number of piperazine rings is 1. The van der Waals surface area contributed by atoms with Gasteiger partial charge < -0.3 is 9.47 Å². The lowest BCUT2D eigenvalue weighted by molar-refractivity contribution is 0.250. The molecule has 0 aromatic carbocycles. The third-order valence-electron chi connectivity index (χ3n) is 4.88. The van der Waals surface area contributed by atoms with Gasteiger partial charge in [0, 0.05) is 50.2 Å². The molecule has 1 aliphatic rings. The minimum Gasteiger partial charge on any atom is -0.354 e. The van der Waals surface area contributed by atoms with Crippen LogP contribution < -0.4 is 16.1 Å². The van der Waals surface area contributed by atoms with Crippen LogP contribution in [-0.4, -0.2) is 52.2 Å². The van der Waals surface area contributed by atoms with Crippen molar-refractivity contribution in [3.63, 3.8) is 0 Å². The molecular weight excluding hydrogens is 330 g/mol. The van der Waals surface area contributed by atoms with Gasteiger partial charge in [-0.05, 0) is 45.4 Å². The number of unbranched alkanes of at least 4 members (excludes halogenated alkanes) is 1. The molecule has 0 radical (unpaired) electrons. The van der Waals surface area contributed by atoms with E-state index < -0.39 is 0 Å². The van der Waals surface area contributed by atoms with Crippen LogP contribution in [0.4, 0.5) is 5.82 Å². The van der Waals surface area contributed by atoms with Gasteiger partial charge in [-0.25, -0.2) is 9.78 Å². The largest absolute Gasteiger partial charge is 0.354 e. The average molecular weight is 357 g/mol. The number of rotatable bonds is 6. The van der Waals surface area contributed by atoms with Crippen LogP contribution in [0.1, 0.15) is 24.1 Å². The SMILES string of the molecule is Cc1cccc(N2CCN(CCCCn3cc(C)c(=O)[nH]c3=O)CC2)n1. The van der Waals surface area contributed by atoms with Crippen LogP contribution in [0.5, 0.6) is 0 Å². The fourth-order valence-corrected chi connectivity index (χ4v) is 3.31. The molecule has 1 N–H and O–H groups in total. The Balaban J connectivity index is 1.41. The van der Waals surface area contributed by atoms with E-state index in [1.54, 1.807) is 17.7 Å². The zero-order chi connectivity index (χ0) is 18.5. The lowest BCUT2D eigenvalue weighted by Crippen LogP contribution is -2.47. The summed E-state index contributed by atoms with van der Waals surface area (Å²) in [5.41, 5.74) is 1.01. The Hall–Kier alpha value is -2.41. The Morgan fingerprint density at radius 1 is 1.04 bits per heavy atom. The maximum atomic E-state index is 11.8. The lowest BCUT2D eigenvalue weighted by Gasteiger charge is -2.35. The second-order valence-electron chi connectivity index (χ2n) is 6.94. The van der Waals surface area contributed by atoms with Crippen molar-refractivity contribution in [3.05, 3.63) is 56.5 Å². The predicted octanol–water partition coefficient (Wildman–Crippen LogP) is 1.15. The Morgan fingerprint density at radius 3 is 2.50 bits per heavy atom. The molecule has 26 heavy (non-hydrogen) atoms. The molecule has 0 aliphatic carbocycles. The van der Waals surface area contributed by atoms with Gasteiger partial charge in [-0.15, -0.1) is 0 Å². The minimum atomic E-state index is -0.320. The first kappa shape index (κ1) is 18.4. The van der Waals surface area contributed by atoms with Crippen LogP contribution in [0.3, 0.4) is 0 Å². The predicted molar refractivity (Wildman–Crippen MR) is 103 cm³/mol. The van der Waals surface area contributed by atoms with Crippen LogP contribution in [0.25, 0.3) is 0 Å². The fraction of sp³-hybridized carbons (Fsp3) is 0.526. The zero-order valence-corrected chi connectivity index (χ0v) is 15.6. The highest BCUT2D eigenvalue weighted by molar-refractivity contribution is 5.39.